The van der Waals surface area contributed by atoms with E-state index < -0.39 is 0 Å². The highest BCUT2D eigenvalue weighted by Gasteiger charge is 2.10. The normalized spacial score (nSPS) is 11.2. The van der Waals surface area contributed by atoms with Gasteiger partial charge in [0.25, 0.3) is 0 Å². The smallest absolute Gasteiger partial charge is 0.226 e. The highest BCUT2D eigenvalue weighted by molar-refractivity contribution is 7.99. The number of thioether (sulfide) groups is 1. The Bertz CT molecular complexity index is 1180. The molecule has 0 radical (unpaired) electrons. The summed E-state index contributed by atoms with van der Waals surface area (Å²) in [6, 6.07) is 14.5. The first kappa shape index (κ1) is 18.9. The van der Waals surface area contributed by atoms with Crippen LogP contribution in [-0.2, 0) is 4.79 Å². The van der Waals surface area contributed by atoms with E-state index in [1.165, 1.54) is 33.4 Å². The van der Waals surface area contributed by atoms with Crippen molar-refractivity contribution in [3.05, 3.63) is 59.2 Å². The lowest BCUT2D eigenvalue weighted by Gasteiger charge is -2.08. The second-order valence-corrected chi connectivity index (χ2v) is 9.03. The number of para-hydroxylation sites is 1. The van der Waals surface area contributed by atoms with E-state index in [0.29, 0.717) is 17.3 Å². The van der Waals surface area contributed by atoms with Gasteiger partial charge in [-0.25, -0.2) is 9.97 Å². The number of benzene rings is 2. The first-order chi connectivity index (χ1) is 13.5. The third-order valence-corrected chi connectivity index (χ3v) is 6.44. The SMILES string of the molecule is Cc1ccc2nc(NC(=O)CCSc3cc(C)c4cccc(C)c4n3)sc2c1. The van der Waals surface area contributed by atoms with Gasteiger partial charge in [0, 0.05) is 17.6 Å². The molecule has 0 saturated carbocycles. The van der Waals surface area contributed by atoms with E-state index in [9.17, 15) is 4.79 Å². The lowest BCUT2D eigenvalue weighted by molar-refractivity contribution is -0.115. The second-order valence-electron chi connectivity index (χ2n) is 6.89. The van der Waals surface area contributed by atoms with Crippen molar-refractivity contribution >= 4 is 55.3 Å². The molecule has 28 heavy (non-hydrogen) atoms. The summed E-state index contributed by atoms with van der Waals surface area (Å²) in [5.41, 5.74) is 5.54. The van der Waals surface area contributed by atoms with Crippen LogP contribution in [0.2, 0.25) is 0 Å². The largest absolute Gasteiger partial charge is 0.302 e. The van der Waals surface area contributed by atoms with E-state index >= 15 is 0 Å². The monoisotopic (exact) mass is 407 g/mol. The molecule has 2 aromatic heterocycles. The van der Waals surface area contributed by atoms with Crippen LogP contribution < -0.4 is 5.32 Å². The number of hydrogen-bond donors (Lipinski definition) is 1. The molecule has 0 saturated heterocycles. The maximum absolute atomic E-state index is 12.3. The minimum absolute atomic E-state index is 0.0167. The fraction of sp³-hybridized carbons (Fsp3) is 0.227. The van der Waals surface area contributed by atoms with Crippen LogP contribution in [-0.4, -0.2) is 21.6 Å². The van der Waals surface area contributed by atoms with Crippen LogP contribution in [0.5, 0.6) is 0 Å². The quantitative estimate of drug-likeness (QED) is 0.419. The lowest BCUT2D eigenvalue weighted by atomic mass is 10.1. The number of pyridine rings is 1. The van der Waals surface area contributed by atoms with Crippen LogP contribution in [0.1, 0.15) is 23.1 Å². The molecule has 4 rings (SSSR count). The predicted octanol–water partition coefficient (Wildman–Crippen LogP) is 5.89. The summed E-state index contributed by atoms with van der Waals surface area (Å²) in [5.74, 6) is 0.664. The Morgan fingerprint density at radius 2 is 1.93 bits per heavy atom. The van der Waals surface area contributed by atoms with E-state index in [1.807, 2.05) is 12.1 Å². The van der Waals surface area contributed by atoms with Crippen molar-refractivity contribution in [1.29, 1.82) is 0 Å². The highest BCUT2D eigenvalue weighted by atomic mass is 32.2. The molecular weight excluding hydrogens is 386 g/mol. The Morgan fingerprint density at radius 1 is 1.07 bits per heavy atom. The number of carbonyl (C=O) groups excluding carboxylic acids is 1. The molecule has 0 unspecified atom stereocenters. The van der Waals surface area contributed by atoms with Crippen molar-refractivity contribution in [3.63, 3.8) is 0 Å². The van der Waals surface area contributed by atoms with E-state index in [1.54, 1.807) is 11.8 Å². The molecule has 1 N–H and O–H groups in total. The topological polar surface area (TPSA) is 54.9 Å². The molecule has 0 fully saturated rings. The van der Waals surface area contributed by atoms with E-state index in [2.05, 4.69) is 61.4 Å². The summed E-state index contributed by atoms with van der Waals surface area (Å²) < 4.78 is 1.09. The summed E-state index contributed by atoms with van der Waals surface area (Å²) in [7, 11) is 0. The van der Waals surface area contributed by atoms with Crippen LogP contribution in [0, 0.1) is 20.8 Å². The number of thiazole rings is 1. The zero-order valence-electron chi connectivity index (χ0n) is 16.1. The molecular formula is C22H21N3OS2. The standard InChI is InChI=1S/C22H21N3OS2/c1-13-7-8-17-18(11-13)28-22(23-17)24-19(26)9-10-27-20-12-15(3)16-6-4-5-14(2)21(16)25-20/h4-8,11-12H,9-10H2,1-3H3,(H,23,24,26). The molecule has 6 heteroatoms. The van der Waals surface area contributed by atoms with Gasteiger partial charge in [0.15, 0.2) is 5.13 Å². The minimum atomic E-state index is -0.0167. The van der Waals surface area contributed by atoms with Crippen LogP contribution in [0.4, 0.5) is 5.13 Å². The van der Waals surface area contributed by atoms with E-state index in [0.717, 1.165) is 20.8 Å². The predicted molar refractivity (Wildman–Crippen MR) is 120 cm³/mol. The summed E-state index contributed by atoms with van der Waals surface area (Å²) in [5, 5.41) is 5.73. The van der Waals surface area contributed by atoms with Crippen molar-refractivity contribution in [2.24, 2.45) is 0 Å². The van der Waals surface area contributed by atoms with E-state index in [4.69, 9.17) is 4.98 Å². The average Bonchev–Trinajstić information content (AvgIpc) is 3.04. The number of anilines is 1. The Morgan fingerprint density at radius 3 is 2.79 bits per heavy atom. The van der Waals surface area contributed by atoms with Gasteiger partial charge in [-0.05, 0) is 55.7 Å². The molecule has 4 nitrogen and oxygen atoms in total. The Labute approximate surface area is 172 Å². The number of aryl methyl sites for hydroxylation is 3. The molecule has 0 aliphatic rings. The summed E-state index contributed by atoms with van der Waals surface area (Å²) in [4.78, 5) is 21.6. The number of nitrogens with one attached hydrogen (secondary N) is 1. The van der Waals surface area contributed by atoms with Gasteiger partial charge in [0.2, 0.25) is 5.91 Å². The van der Waals surface area contributed by atoms with Gasteiger partial charge in [0.05, 0.1) is 20.8 Å². The van der Waals surface area contributed by atoms with Crippen molar-refractivity contribution in [2.45, 2.75) is 32.2 Å². The average molecular weight is 408 g/mol. The molecule has 0 aliphatic heterocycles. The van der Waals surface area contributed by atoms with Gasteiger partial charge >= 0.3 is 0 Å². The molecule has 142 valence electrons. The number of rotatable bonds is 5. The minimum Gasteiger partial charge on any atom is -0.302 e. The Balaban J connectivity index is 1.38. The molecule has 1 amide bonds. The molecule has 0 bridgehead atoms. The number of aromatic nitrogens is 2. The van der Waals surface area contributed by atoms with Crippen molar-refractivity contribution in [1.82, 2.24) is 9.97 Å². The maximum Gasteiger partial charge on any atom is 0.226 e. The zero-order chi connectivity index (χ0) is 19.7. The Kier molecular flexibility index (Phi) is 5.33. The van der Waals surface area contributed by atoms with Gasteiger partial charge in [-0.1, -0.05) is 35.6 Å². The van der Waals surface area contributed by atoms with Gasteiger partial charge in [-0.3, -0.25) is 4.79 Å². The summed E-state index contributed by atoms with van der Waals surface area (Å²) >= 11 is 3.13. The summed E-state index contributed by atoms with van der Waals surface area (Å²) in [6.45, 7) is 6.24. The number of fused-ring (bicyclic) bond motifs is 2. The highest BCUT2D eigenvalue weighted by Crippen LogP contribution is 2.28. The lowest BCUT2D eigenvalue weighted by Crippen LogP contribution is -2.11. The van der Waals surface area contributed by atoms with Gasteiger partial charge in [0.1, 0.15) is 0 Å². The van der Waals surface area contributed by atoms with E-state index in [-0.39, 0.29) is 5.91 Å². The number of nitrogens with zero attached hydrogens (tertiary/aromatic N) is 2. The zero-order valence-corrected chi connectivity index (χ0v) is 17.7. The third kappa shape index (κ3) is 4.03. The van der Waals surface area contributed by atoms with Crippen LogP contribution in [0.25, 0.3) is 21.1 Å². The molecule has 0 atom stereocenters. The second kappa shape index (κ2) is 7.89. The Hall–Kier alpha value is -2.44. The molecule has 4 aromatic rings. The van der Waals surface area contributed by atoms with Crippen molar-refractivity contribution < 1.29 is 4.79 Å². The fourth-order valence-electron chi connectivity index (χ4n) is 3.12. The van der Waals surface area contributed by atoms with Gasteiger partial charge < -0.3 is 5.32 Å². The molecule has 2 aromatic carbocycles. The van der Waals surface area contributed by atoms with Gasteiger partial charge in [-0.15, -0.1) is 11.8 Å². The van der Waals surface area contributed by atoms with Crippen LogP contribution in [0.15, 0.2) is 47.5 Å². The summed E-state index contributed by atoms with van der Waals surface area (Å²) in [6.07, 6.45) is 0.423. The molecule has 2 heterocycles. The number of amides is 1. The fourth-order valence-corrected chi connectivity index (χ4v) is 5.01. The van der Waals surface area contributed by atoms with Gasteiger partial charge in [-0.2, -0.15) is 0 Å². The first-order valence-corrected chi connectivity index (χ1v) is 11.0. The number of carbonyl (C=O) groups is 1. The van der Waals surface area contributed by atoms with Crippen LogP contribution in [0.3, 0.4) is 0 Å². The molecule has 0 aliphatic carbocycles. The van der Waals surface area contributed by atoms with Crippen LogP contribution >= 0.6 is 23.1 Å². The first-order valence-electron chi connectivity index (χ1n) is 9.16. The van der Waals surface area contributed by atoms with Crippen molar-refractivity contribution in [3.8, 4) is 0 Å². The molecule has 0 spiro atoms. The third-order valence-electron chi connectivity index (χ3n) is 4.59. The number of hydrogen-bond acceptors (Lipinski definition) is 5. The van der Waals surface area contributed by atoms with Crippen molar-refractivity contribution in [2.75, 3.05) is 11.1 Å². The maximum atomic E-state index is 12.3.